The third-order valence-corrected chi connectivity index (χ3v) is 6.08. The van der Waals surface area contributed by atoms with E-state index in [1.165, 1.54) is 11.8 Å². The number of allylic oxidation sites excluding steroid dienone is 1. The Kier molecular flexibility index (Phi) is 7.71. The fourth-order valence-corrected chi connectivity index (χ4v) is 4.27. The number of amides is 1. The maximum atomic E-state index is 12.4. The zero-order valence-corrected chi connectivity index (χ0v) is 18.0. The van der Waals surface area contributed by atoms with Crippen molar-refractivity contribution in [2.24, 2.45) is 0 Å². The van der Waals surface area contributed by atoms with Gasteiger partial charge in [0, 0.05) is 25.7 Å². The minimum atomic E-state index is 0.0388. The number of nitrogens with one attached hydrogen (secondary N) is 1. The molecule has 0 atom stereocenters. The summed E-state index contributed by atoms with van der Waals surface area (Å²) in [7, 11) is 1.64. The lowest BCUT2D eigenvalue weighted by molar-refractivity contribution is -0.119. The molecule has 1 amide bonds. The number of rotatable bonds is 9. The van der Waals surface area contributed by atoms with Crippen molar-refractivity contribution in [3.05, 3.63) is 36.9 Å². The predicted octanol–water partition coefficient (Wildman–Crippen LogP) is 2.83. The van der Waals surface area contributed by atoms with Crippen LogP contribution in [0, 0.1) is 0 Å². The van der Waals surface area contributed by atoms with Crippen LogP contribution in [-0.2, 0) is 11.3 Å². The van der Waals surface area contributed by atoms with Crippen molar-refractivity contribution in [2.75, 3.05) is 32.5 Å². The summed E-state index contributed by atoms with van der Waals surface area (Å²) in [6.45, 7) is 9.74. The van der Waals surface area contributed by atoms with Gasteiger partial charge in [-0.1, -0.05) is 36.9 Å². The number of likely N-dealkylation sites (tertiary alicyclic amines) is 1. The van der Waals surface area contributed by atoms with Gasteiger partial charge in [0.1, 0.15) is 5.75 Å². The minimum absolute atomic E-state index is 0.0388. The highest BCUT2D eigenvalue weighted by molar-refractivity contribution is 7.99. The van der Waals surface area contributed by atoms with E-state index in [2.05, 4.69) is 33.9 Å². The van der Waals surface area contributed by atoms with Crippen molar-refractivity contribution in [3.63, 3.8) is 0 Å². The molecule has 1 aliphatic heterocycles. The van der Waals surface area contributed by atoms with Crippen LogP contribution in [0.1, 0.15) is 19.8 Å². The molecule has 7 nitrogen and oxygen atoms in total. The number of nitrogens with zero attached hydrogens (tertiary/aromatic N) is 4. The number of hydrogen-bond acceptors (Lipinski definition) is 6. The number of aromatic nitrogens is 3. The van der Waals surface area contributed by atoms with Crippen LogP contribution < -0.4 is 10.1 Å². The molecular weight excluding hydrogens is 386 g/mol. The van der Waals surface area contributed by atoms with E-state index in [1.807, 2.05) is 28.8 Å². The molecule has 8 heteroatoms. The molecule has 3 rings (SSSR count). The van der Waals surface area contributed by atoms with Crippen molar-refractivity contribution < 1.29 is 9.53 Å². The largest absolute Gasteiger partial charge is 0.496 e. The first-order chi connectivity index (χ1) is 14.2. The number of hydrogen-bond donors (Lipinski definition) is 1. The van der Waals surface area contributed by atoms with Gasteiger partial charge >= 0.3 is 0 Å². The van der Waals surface area contributed by atoms with E-state index in [9.17, 15) is 4.79 Å². The minimum Gasteiger partial charge on any atom is -0.496 e. The normalized spacial score (nSPS) is 15.2. The van der Waals surface area contributed by atoms with Gasteiger partial charge in [-0.2, -0.15) is 0 Å². The fourth-order valence-electron chi connectivity index (χ4n) is 3.51. The molecule has 0 aliphatic carbocycles. The summed E-state index contributed by atoms with van der Waals surface area (Å²) in [6.07, 6.45) is 3.82. The topological polar surface area (TPSA) is 72.3 Å². The molecule has 1 fully saturated rings. The Hall–Kier alpha value is -2.32. The summed E-state index contributed by atoms with van der Waals surface area (Å²) in [5.74, 6) is 1.79. The molecule has 0 bridgehead atoms. The zero-order chi connectivity index (χ0) is 20.6. The van der Waals surface area contributed by atoms with Gasteiger partial charge in [0.05, 0.1) is 18.4 Å². The average Bonchev–Trinajstić information content (AvgIpc) is 3.15. The smallest absolute Gasteiger partial charge is 0.230 e. The predicted molar refractivity (Wildman–Crippen MR) is 116 cm³/mol. The Balaban J connectivity index is 1.64. The molecule has 1 aromatic carbocycles. The number of carbonyl (C=O) groups excluding carboxylic acids is 1. The van der Waals surface area contributed by atoms with Crippen LogP contribution in [0.15, 0.2) is 42.1 Å². The number of carbonyl (C=O) groups is 1. The van der Waals surface area contributed by atoms with Gasteiger partial charge in [0.15, 0.2) is 11.0 Å². The monoisotopic (exact) mass is 415 g/mol. The van der Waals surface area contributed by atoms with Crippen molar-refractivity contribution >= 4 is 17.7 Å². The summed E-state index contributed by atoms with van der Waals surface area (Å²) in [5, 5.41) is 12.5. The van der Waals surface area contributed by atoms with E-state index in [-0.39, 0.29) is 11.9 Å². The van der Waals surface area contributed by atoms with Gasteiger partial charge in [-0.05, 0) is 31.5 Å². The van der Waals surface area contributed by atoms with Crippen LogP contribution in [0.3, 0.4) is 0 Å². The molecule has 29 heavy (non-hydrogen) atoms. The number of ether oxygens (including phenoxy) is 1. The maximum absolute atomic E-state index is 12.4. The number of methoxy groups -OCH3 is 1. The van der Waals surface area contributed by atoms with Crippen LogP contribution in [0.4, 0.5) is 0 Å². The molecule has 1 N–H and O–H groups in total. The third kappa shape index (κ3) is 5.39. The van der Waals surface area contributed by atoms with E-state index in [4.69, 9.17) is 4.74 Å². The van der Waals surface area contributed by atoms with Gasteiger partial charge in [-0.25, -0.2) is 0 Å². The third-order valence-electron chi connectivity index (χ3n) is 5.11. The quantitative estimate of drug-likeness (QED) is 0.502. The molecule has 1 aromatic heterocycles. The molecular formula is C21H29N5O2S. The molecule has 0 radical (unpaired) electrons. The molecule has 0 unspecified atom stereocenters. The van der Waals surface area contributed by atoms with Gasteiger partial charge in [-0.15, -0.1) is 16.8 Å². The average molecular weight is 416 g/mol. The first-order valence-electron chi connectivity index (χ1n) is 9.98. The number of para-hydroxylation sites is 1. The Morgan fingerprint density at radius 3 is 2.79 bits per heavy atom. The molecule has 2 heterocycles. The van der Waals surface area contributed by atoms with Gasteiger partial charge < -0.3 is 15.0 Å². The zero-order valence-electron chi connectivity index (χ0n) is 17.1. The highest BCUT2D eigenvalue weighted by Gasteiger charge is 2.21. The lowest BCUT2D eigenvalue weighted by Gasteiger charge is -2.31. The van der Waals surface area contributed by atoms with Crippen LogP contribution in [0.2, 0.25) is 0 Å². The van der Waals surface area contributed by atoms with Crippen LogP contribution in [-0.4, -0.2) is 64.1 Å². The molecule has 1 aliphatic rings. The Morgan fingerprint density at radius 1 is 1.34 bits per heavy atom. The molecule has 2 aromatic rings. The van der Waals surface area contributed by atoms with Gasteiger partial charge in [0.2, 0.25) is 5.91 Å². The van der Waals surface area contributed by atoms with Crippen LogP contribution in [0.25, 0.3) is 11.4 Å². The lowest BCUT2D eigenvalue weighted by Crippen LogP contribution is -2.45. The molecule has 0 saturated carbocycles. The van der Waals surface area contributed by atoms with E-state index < -0.39 is 0 Å². The van der Waals surface area contributed by atoms with E-state index in [0.29, 0.717) is 23.3 Å². The van der Waals surface area contributed by atoms with E-state index in [1.54, 1.807) is 13.2 Å². The number of piperidine rings is 1. The first kappa shape index (κ1) is 21.4. The molecule has 0 spiro atoms. The summed E-state index contributed by atoms with van der Waals surface area (Å²) in [5.41, 5.74) is 0.864. The van der Waals surface area contributed by atoms with Crippen molar-refractivity contribution in [1.82, 2.24) is 25.0 Å². The second-order valence-corrected chi connectivity index (χ2v) is 7.91. The Bertz CT molecular complexity index is 830. The summed E-state index contributed by atoms with van der Waals surface area (Å²) in [6, 6.07) is 7.97. The fraction of sp³-hybridized carbons (Fsp3) is 0.476. The summed E-state index contributed by atoms with van der Waals surface area (Å²) < 4.78 is 7.42. The van der Waals surface area contributed by atoms with Gasteiger partial charge in [-0.3, -0.25) is 9.36 Å². The molecule has 1 saturated heterocycles. The lowest BCUT2D eigenvalue weighted by atomic mass is 10.1. The Labute approximate surface area is 176 Å². The van der Waals surface area contributed by atoms with Crippen molar-refractivity contribution in [1.29, 1.82) is 0 Å². The second-order valence-electron chi connectivity index (χ2n) is 6.97. The van der Waals surface area contributed by atoms with Crippen molar-refractivity contribution in [3.8, 4) is 17.1 Å². The molecule has 156 valence electrons. The van der Waals surface area contributed by atoms with Crippen LogP contribution in [0.5, 0.6) is 5.75 Å². The number of thioether (sulfide) groups is 1. The van der Waals surface area contributed by atoms with Crippen LogP contribution >= 0.6 is 11.8 Å². The van der Waals surface area contributed by atoms with Crippen molar-refractivity contribution in [2.45, 2.75) is 37.5 Å². The van der Waals surface area contributed by atoms with E-state index in [0.717, 1.165) is 43.8 Å². The summed E-state index contributed by atoms with van der Waals surface area (Å²) >= 11 is 1.40. The second kappa shape index (κ2) is 10.5. The highest BCUT2D eigenvalue weighted by atomic mass is 32.2. The van der Waals surface area contributed by atoms with E-state index >= 15 is 0 Å². The number of benzene rings is 1. The maximum Gasteiger partial charge on any atom is 0.230 e. The first-order valence-corrected chi connectivity index (χ1v) is 11.0. The Morgan fingerprint density at radius 2 is 2.10 bits per heavy atom. The van der Waals surface area contributed by atoms with Gasteiger partial charge in [0.25, 0.3) is 0 Å². The standard InChI is InChI=1S/C21H29N5O2S/c1-4-12-26-20(17-8-6-7-9-18(17)28-3)23-24-21(26)29-15-19(27)22-16-10-13-25(5-2)14-11-16/h4,6-9,16H,1,5,10-15H2,2-3H3,(H,22,27). The highest BCUT2D eigenvalue weighted by Crippen LogP contribution is 2.30. The SMILES string of the molecule is C=CCn1c(SCC(=O)NC2CCN(CC)CC2)nnc1-c1ccccc1OC. The summed E-state index contributed by atoms with van der Waals surface area (Å²) in [4.78, 5) is 14.9.